The van der Waals surface area contributed by atoms with E-state index in [4.69, 9.17) is 0 Å². The molecule has 0 heterocycles. The highest BCUT2D eigenvalue weighted by Crippen LogP contribution is 2.38. The monoisotopic (exact) mass is 575 g/mol. The van der Waals surface area contributed by atoms with Gasteiger partial charge in [-0.3, -0.25) is 4.72 Å². The molecule has 0 aromatic heterocycles. The molecule has 0 bridgehead atoms. The van der Waals surface area contributed by atoms with Crippen LogP contribution in [0.15, 0.2) is 59.5 Å². The number of anilines is 2. The Morgan fingerprint density at radius 1 is 0.760 bits per heavy atom. The molecule has 0 radical (unpaired) electrons. The minimum absolute atomic E-state index is 0.147. The lowest BCUT2D eigenvalue weighted by Gasteiger charge is -2.16. The quantitative estimate of drug-likeness (QED) is 0.360. The summed E-state index contributed by atoms with van der Waals surface area (Å²) in [5.41, 5.74) is 3.27. The maximum atomic E-state index is 12.2. The van der Waals surface area contributed by atoms with Crippen molar-refractivity contribution in [3.63, 3.8) is 0 Å². The second kappa shape index (κ2) is 7.92. The molecule has 0 spiro atoms. The van der Waals surface area contributed by atoms with Crippen LogP contribution in [0.5, 0.6) is 0 Å². The smallest absolute Gasteiger partial charge is 0.264 e. The van der Waals surface area contributed by atoms with Gasteiger partial charge in [0.2, 0.25) is 1.47 Å². The van der Waals surface area contributed by atoms with Crippen LogP contribution >= 0.6 is 47.8 Å². The van der Waals surface area contributed by atoms with Crippen molar-refractivity contribution in [1.29, 1.82) is 0 Å². The number of sulfonamides is 2. The van der Waals surface area contributed by atoms with Crippen molar-refractivity contribution in [2.24, 2.45) is 0 Å². The van der Waals surface area contributed by atoms with Gasteiger partial charge in [0.1, 0.15) is 0 Å². The van der Waals surface area contributed by atoms with Gasteiger partial charge in [0, 0.05) is 11.4 Å². The van der Waals surface area contributed by atoms with E-state index in [1.807, 2.05) is 0 Å². The Balaban J connectivity index is 2.06. The Kier molecular flexibility index (Phi) is 6.55. The molecule has 2 rings (SSSR count). The summed E-state index contributed by atoms with van der Waals surface area (Å²) < 4.78 is 49.0. The van der Waals surface area contributed by atoms with Gasteiger partial charge >= 0.3 is 0 Å². The van der Waals surface area contributed by atoms with E-state index in [-0.39, 0.29) is 4.90 Å². The van der Waals surface area contributed by atoms with Crippen molar-refractivity contribution < 1.29 is 16.8 Å². The molecule has 25 heavy (non-hydrogen) atoms. The zero-order valence-corrected chi connectivity index (χ0v) is 18.7. The molecule has 3 N–H and O–H groups in total. The first-order chi connectivity index (χ1) is 11.5. The fourth-order valence-corrected chi connectivity index (χ4v) is 3.80. The first kappa shape index (κ1) is 20.6. The van der Waals surface area contributed by atoms with Gasteiger partial charge in [0.15, 0.2) is 0 Å². The van der Waals surface area contributed by atoms with Crippen LogP contribution in [0.2, 0.25) is 0 Å². The van der Waals surface area contributed by atoms with Crippen LogP contribution in [0, 0.1) is 0 Å². The summed E-state index contributed by atoms with van der Waals surface area (Å²) in [5, 5.41) is 0. The number of hydrazine groups is 1. The molecule has 2 aromatic rings. The van der Waals surface area contributed by atoms with E-state index in [9.17, 15) is 16.8 Å². The summed E-state index contributed by atoms with van der Waals surface area (Å²) in [4.78, 5) is 2.30. The van der Waals surface area contributed by atoms with Crippen molar-refractivity contribution in [2.75, 3.05) is 10.1 Å². The van der Waals surface area contributed by atoms with Gasteiger partial charge in [-0.1, -0.05) is 18.2 Å². The fourth-order valence-electron chi connectivity index (χ4n) is 1.62. The van der Waals surface area contributed by atoms with Gasteiger partial charge in [0.05, 0.1) is 4.90 Å². The molecule has 0 fully saturated rings. The van der Waals surface area contributed by atoms with Crippen molar-refractivity contribution in [1.82, 2.24) is 4.83 Å². The summed E-state index contributed by atoms with van der Waals surface area (Å²) in [6.45, 7) is 0. The third-order valence-electron chi connectivity index (χ3n) is 2.83. The highest BCUT2D eigenvalue weighted by molar-refractivity contribution is 9.42. The SMILES string of the molecule is O=S(=O)(Nc1ccc(NNS(=O)(=O)C(Br)(Br)Br)cc1)c1ccccc1. The lowest BCUT2D eigenvalue weighted by atomic mass is 10.3. The molecule has 0 aliphatic rings. The lowest BCUT2D eigenvalue weighted by Crippen LogP contribution is -2.37. The molecular formula is C13H12Br3N3O4S2. The molecule has 0 aliphatic heterocycles. The number of hydrogen-bond acceptors (Lipinski definition) is 5. The average molecular weight is 578 g/mol. The molecule has 0 aliphatic carbocycles. The summed E-state index contributed by atoms with van der Waals surface area (Å²) in [6, 6.07) is 14.0. The van der Waals surface area contributed by atoms with E-state index in [1.54, 1.807) is 18.2 Å². The van der Waals surface area contributed by atoms with E-state index < -0.39 is 21.5 Å². The largest absolute Gasteiger partial charge is 0.308 e. The number of hydrogen-bond donors (Lipinski definition) is 3. The standard InChI is InChI=1S/C13H12Br3N3O4S2/c14-13(15,16)25(22,23)19-17-10-6-8-11(9-7-10)18-24(20,21)12-4-2-1-3-5-12/h1-9,17-19H. The van der Waals surface area contributed by atoms with Gasteiger partial charge in [-0.25, -0.2) is 16.8 Å². The Morgan fingerprint density at radius 3 is 1.80 bits per heavy atom. The summed E-state index contributed by atoms with van der Waals surface area (Å²) in [7, 11) is -7.48. The maximum absolute atomic E-state index is 12.2. The normalized spacial score (nSPS) is 12.6. The predicted molar refractivity (Wildman–Crippen MR) is 109 cm³/mol. The average Bonchev–Trinajstić information content (AvgIpc) is 2.54. The molecule has 0 saturated heterocycles. The Bertz CT molecular complexity index is 929. The van der Waals surface area contributed by atoms with Crippen LogP contribution in [0.4, 0.5) is 11.4 Å². The molecule has 0 saturated carbocycles. The van der Waals surface area contributed by atoms with Gasteiger partial charge in [-0.15, -0.1) is 4.83 Å². The Labute approximate surface area is 171 Å². The highest BCUT2D eigenvalue weighted by atomic mass is 80.0. The zero-order valence-electron chi connectivity index (χ0n) is 12.3. The molecule has 12 heteroatoms. The molecule has 2 aromatic carbocycles. The van der Waals surface area contributed by atoms with Crippen LogP contribution in [0.3, 0.4) is 0 Å². The molecule has 136 valence electrons. The summed E-state index contributed by atoms with van der Waals surface area (Å²) in [5.74, 6) is 0. The zero-order chi connectivity index (χ0) is 18.7. The van der Waals surface area contributed by atoms with Crippen LogP contribution in [-0.4, -0.2) is 18.3 Å². The number of rotatable bonds is 6. The minimum atomic E-state index is -3.79. The third kappa shape index (κ3) is 5.66. The van der Waals surface area contributed by atoms with E-state index in [2.05, 4.69) is 62.8 Å². The first-order valence-electron chi connectivity index (χ1n) is 6.53. The molecule has 7 nitrogen and oxygen atoms in total. The Morgan fingerprint density at radius 2 is 1.28 bits per heavy atom. The minimum Gasteiger partial charge on any atom is -0.308 e. The van der Waals surface area contributed by atoms with Crippen molar-refractivity contribution >= 4 is 79.2 Å². The molecule has 0 amide bonds. The summed E-state index contributed by atoms with van der Waals surface area (Å²) >= 11 is 8.72. The number of nitrogens with one attached hydrogen (secondary N) is 3. The fraction of sp³-hybridized carbons (Fsp3) is 0.0769. The van der Waals surface area contributed by atoms with Gasteiger partial charge in [-0.05, 0) is 84.2 Å². The second-order valence-electron chi connectivity index (χ2n) is 4.67. The van der Waals surface area contributed by atoms with Crippen molar-refractivity contribution in [3.8, 4) is 0 Å². The van der Waals surface area contributed by atoms with Crippen molar-refractivity contribution in [2.45, 2.75) is 6.37 Å². The third-order valence-corrected chi connectivity index (χ3v) is 9.04. The molecular weight excluding hydrogens is 566 g/mol. The number of halogens is 3. The van der Waals surface area contributed by atoms with Gasteiger partial charge in [0.25, 0.3) is 20.0 Å². The van der Waals surface area contributed by atoms with E-state index >= 15 is 0 Å². The van der Waals surface area contributed by atoms with Gasteiger partial charge < -0.3 is 5.43 Å². The first-order valence-corrected chi connectivity index (χ1v) is 11.9. The predicted octanol–water partition coefficient (Wildman–Crippen LogP) is 3.53. The van der Waals surface area contributed by atoms with E-state index in [1.165, 1.54) is 36.4 Å². The van der Waals surface area contributed by atoms with Crippen molar-refractivity contribution in [3.05, 3.63) is 54.6 Å². The van der Waals surface area contributed by atoms with Crippen LogP contribution < -0.4 is 15.0 Å². The lowest BCUT2D eigenvalue weighted by molar-refractivity contribution is 0.590. The summed E-state index contributed by atoms with van der Waals surface area (Å²) in [6.07, 6.45) is 0. The Hall–Kier alpha value is -0.660. The van der Waals surface area contributed by atoms with Gasteiger partial charge in [-0.2, -0.15) is 0 Å². The van der Waals surface area contributed by atoms with E-state index in [0.717, 1.165) is 0 Å². The molecule has 0 unspecified atom stereocenters. The van der Waals surface area contributed by atoms with Crippen LogP contribution in [-0.2, 0) is 20.0 Å². The topological polar surface area (TPSA) is 104 Å². The highest BCUT2D eigenvalue weighted by Gasteiger charge is 2.35. The molecule has 0 atom stereocenters. The van der Waals surface area contributed by atoms with E-state index in [0.29, 0.717) is 11.4 Å². The maximum Gasteiger partial charge on any atom is 0.264 e. The van der Waals surface area contributed by atoms with Crippen LogP contribution in [0.1, 0.15) is 0 Å². The second-order valence-corrected chi connectivity index (χ2v) is 16.5. The van der Waals surface area contributed by atoms with Crippen LogP contribution in [0.25, 0.3) is 0 Å². The number of benzene rings is 2. The number of alkyl halides is 3.